The van der Waals surface area contributed by atoms with Gasteiger partial charge in [-0.1, -0.05) is 18.2 Å². The fraction of sp³-hybridized carbons (Fsp3) is 0.214. The summed E-state index contributed by atoms with van der Waals surface area (Å²) in [6.45, 7) is 1.74. The third-order valence-corrected chi connectivity index (χ3v) is 2.90. The van der Waals surface area contributed by atoms with Crippen LogP contribution in [0.5, 0.6) is 0 Å². The lowest BCUT2D eigenvalue weighted by Gasteiger charge is -2.19. The Bertz CT molecular complexity index is 634. The van der Waals surface area contributed by atoms with Crippen LogP contribution in [0.4, 0.5) is 5.69 Å². The van der Waals surface area contributed by atoms with Crippen LogP contribution >= 0.6 is 0 Å². The van der Waals surface area contributed by atoms with Crippen molar-refractivity contribution in [3.63, 3.8) is 0 Å². The molecular weight excluding hydrogens is 258 g/mol. The van der Waals surface area contributed by atoms with Gasteiger partial charge in [0.15, 0.2) is 5.69 Å². The largest absolute Gasteiger partial charge is 0.476 e. The molecule has 1 N–H and O–H groups in total. The number of carboxylic acids is 1. The number of carbonyl (C=O) groups excluding carboxylic acids is 1. The van der Waals surface area contributed by atoms with Crippen molar-refractivity contribution in [2.24, 2.45) is 0 Å². The fourth-order valence-electron chi connectivity index (χ4n) is 1.93. The SMILES string of the molecule is CC(=O)n1nc(C(=O)O)cc1CN(C)c1ccccc1. The number of benzene rings is 1. The lowest BCUT2D eigenvalue weighted by Crippen LogP contribution is -2.21. The van der Waals surface area contributed by atoms with Crippen LogP contribution in [0, 0.1) is 0 Å². The van der Waals surface area contributed by atoms with Gasteiger partial charge < -0.3 is 10.0 Å². The number of anilines is 1. The Labute approximate surface area is 116 Å². The first-order valence-corrected chi connectivity index (χ1v) is 6.08. The third kappa shape index (κ3) is 2.85. The van der Waals surface area contributed by atoms with Crippen LogP contribution in [0.15, 0.2) is 36.4 Å². The van der Waals surface area contributed by atoms with Gasteiger partial charge >= 0.3 is 5.97 Å². The Morgan fingerprint density at radius 1 is 1.30 bits per heavy atom. The Kier molecular flexibility index (Phi) is 3.84. The molecular formula is C14H15N3O3. The Hall–Kier alpha value is -2.63. The van der Waals surface area contributed by atoms with Crippen molar-refractivity contribution in [2.75, 3.05) is 11.9 Å². The summed E-state index contributed by atoms with van der Waals surface area (Å²) >= 11 is 0. The Morgan fingerprint density at radius 2 is 1.95 bits per heavy atom. The number of aromatic carboxylic acids is 1. The van der Waals surface area contributed by atoms with Gasteiger partial charge in [0.1, 0.15) is 0 Å². The van der Waals surface area contributed by atoms with E-state index in [0.29, 0.717) is 12.2 Å². The van der Waals surface area contributed by atoms with Crippen molar-refractivity contribution < 1.29 is 14.7 Å². The van der Waals surface area contributed by atoms with Crippen LogP contribution in [-0.4, -0.2) is 33.8 Å². The molecule has 0 atom stereocenters. The monoisotopic (exact) mass is 273 g/mol. The maximum atomic E-state index is 11.5. The molecule has 0 saturated heterocycles. The molecule has 20 heavy (non-hydrogen) atoms. The number of carbonyl (C=O) groups is 2. The van der Waals surface area contributed by atoms with Crippen molar-refractivity contribution in [3.8, 4) is 0 Å². The molecule has 0 amide bonds. The maximum Gasteiger partial charge on any atom is 0.356 e. The van der Waals surface area contributed by atoms with E-state index in [1.54, 1.807) is 0 Å². The van der Waals surface area contributed by atoms with Gasteiger partial charge in [-0.2, -0.15) is 5.10 Å². The summed E-state index contributed by atoms with van der Waals surface area (Å²) in [6, 6.07) is 11.0. The smallest absolute Gasteiger partial charge is 0.356 e. The first-order chi connectivity index (χ1) is 9.49. The van der Waals surface area contributed by atoms with Gasteiger partial charge in [0.05, 0.1) is 12.2 Å². The molecule has 104 valence electrons. The van der Waals surface area contributed by atoms with E-state index in [1.165, 1.54) is 13.0 Å². The van der Waals surface area contributed by atoms with E-state index in [4.69, 9.17) is 5.11 Å². The van der Waals surface area contributed by atoms with Crippen LogP contribution in [-0.2, 0) is 6.54 Å². The lowest BCUT2D eigenvalue weighted by molar-refractivity contribution is 0.0689. The number of hydrogen-bond acceptors (Lipinski definition) is 4. The second-order valence-corrected chi connectivity index (χ2v) is 4.45. The van der Waals surface area contributed by atoms with Crippen LogP contribution in [0.3, 0.4) is 0 Å². The van der Waals surface area contributed by atoms with E-state index in [1.807, 2.05) is 42.3 Å². The molecule has 0 saturated carbocycles. The van der Waals surface area contributed by atoms with Gasteiger partial charge in [0.2, 0.25) is 5.91 Å². The normalized spacial score (nSPS) is 10.3. The molecule has 6 nitrogen and oxygen atoms in total. The number of carboxylic acid groups (broad SMARTS) is 1. The van der Waals surface area contributed by atoms with Crippen LogP contribution in [0.2, 0.25) is 0 Å². The van der Waals surface area contributed by atoms with Crippen molar-refractivity contribution in [1.82, 2.24) is 9.78 Å². The average Bonchev–Trinajstić information content (AvgIpc) is 2.84. The molecule has 1 heterocycles. The minimum Gasteiger partial charge on any atom is -0.476 e. The van der Waals surface area contributed by atoms with E-state index in [2.05, 4.69) is 5.10 Å². The van der Waals surface area contributed by atoms with Gasteiger partial charge in [-0.05, 0) is 18.2 Å². The molecule has 0 spiro atoms. The summed E-state index contributed by atoms with van der Waals surface area (Å²) in [6.07, 6.45) is 0. The summed E-state index contributed by atoms with van der Waals surface area (Å²) in [4.78, 5) is 24.4. The van der Waals surface area contributed by atoms with Gasteiger partial charge in [-0.25, -0.2) is 9.48 Å². The second kappa shape index (κ2) is 5.56. The molecule has 0 fully saturated rings. The predicted molar refractivity (Wildman–Crippen MR) is 74.0 cm³/mol. The molecule has 0 aliphatic rings. The van der Waals surface area contributed by atoms with E-state index in [0.717, 1.165) is 10.4 Å². The van der Waals surface area contributed by atoms with Crippen LogP contribution < -0.4 is 4.90 Å². The lowest BCUT2D eigenvalue weighted by atomic mass is 10.2. The van der Waals surface area contributed by atoms with Gasteiger partial charge in [0, 0.05) is 19.7 Å². The highest BCUT2D eigenvalue weighted by Gasteiger charge is 2.16. The Morgan fingerprint density at radius 3 is 2.50 bits per heavy atom. The highest BCUT2D eigenvalue weighted by atomic mass is 16.4. The standard InChI is InChI=1S/C14H15N3O3/c1-10(18)17-12(8-13(15-17)14(19)20)9-16(2)11-6-4-3-5-7-11/h3-8H,9H2,1-2H3,(H,19,20). The number of hydrogen-bond donors (Lipinski definition) is 1. The fourth-order valence-corrected chi connectivity index (χ4v) is 1.93. The summed E-state index contributed by atoms with van der Waals surface area (Å²) in [5.41, 5.74) is 1.39. The summed E-state index contributed by atoms with van der Waals surface area (Å²) < 4.78 is 1.13. The summed E-state index contributed by atoms with van der Waals surface area (Å²) in [5, 5.41) is 12.8. The number of aromatic nitrogens is 2. The predicted octanol–water partition coefficient (Wildman–Crippen LogP) is 1.88. The zero-order valence-corrected chi connectivity index (χ0v) is 11.3. The van der Waals surface area contributed by atoms with Crippen molar-refractivity contribution in [2.45, 2.75) is 13.5 Å². The van der Waals surface area contributed by atoms with Crippen molar-refractivity contribution >= 4 is 17.6 Å². The Balaban J connectivity index is 2.28. The molecule has 1 aromatic carbocycles. The summed E-state index contributed by atoms with van der Waals surface area (Å²) in [5.74, 6) is -1.46. The van der Waals surface area contributed by atoms with Gasteiger partial charge in [0.25, 0.3) is 0 Å². The first-order valence-electron chi connectivity index (χ1n) is 6.08. The zero-order valence-electron chi connectivity index (χ0n) is 11.3. The maximum absolute atomic E-state index is 11.5. The first kappa shape index (κ1) is 13.8. The number of para-hydroxylation sites is 1. The minimum atomic E-state index is -1.14. The molecule has 6 heteroatoms. The van der Waals surface area contributed by atoms with Gasteiger partial charge in [-0.15, -0.1) is 0 Å². The van der Waals surface area contributed by atoms with Gasteiger partial charge in [-0.3, -0.25) is 4.79 Å². The number of rotatable bonds is 4. The van der Waals surface area contributed by atoms with E-state index < -0.39 is 5.97 Å². The van der Waals surface area contributed by atoms with E-state index >= 15 is 0 Å². The highest BCUT2D eigenvalue weighted by molar-refractivity contribution is 5.87. The molecule has 1 aromatic heterocycles. The topological polar surface area (TPSA) is 75.4 Å². The zero-order chi connectivity index (χ0) is 14.7. The average molecular weight is 273 g/mol. The van der Waals surface area contributed by atoms with E-state index in [9.17, 15) is 9.59 Å². The quantitative estimate of drug-likeness (QED) is 0.920. The molecule has 0 aliphatic heterocycles. The van der Waals surface area contributed by atoms with Crippen molar-refractivity contribution in [1.29, 1.82) is 0 Å². The second-order valence-electron chi connectivity index (χ2n) is 4.45. The molecule has 0 aliphatic carbocycles. The van der Waals surface area contributed by atoms with Crippen LogP contribution in [0.25, 0.3) is 0 Å². The van der Waals surface area contributed by atoms with E-state index in [-0.39, 0.29) is 11.6 Å². The molecule has 2 rings (SSSR count). The van der Waals surface area contributed by atoms with Crippen molar-refractivity contribution in [3.05, 3.63) is 47.8 Å². The number of nitrogens with zero attached hydrogens (tertiary/aromatic N) is 3. The molecule has 0 unspecified atom stereocenters. The molecule has 0 radical (unpaired) electrons. The minimum absolute atomic E-state index is 0.128. The molecule has 2 aromatic rings. The van der Waals surface area contributed by atoms with Crippen LogP contribution in [0.1, 0.15) is 27.9 Å². The summed E-state index contributed by atoms with van der Waals surface area (Å²) in [7, 11) is 1.87. The third-order valence-electron chi connectivity index (χ3n) is 2.90. The molecule has 0 bridgehead atoms. The highest BCUT2D eigenvalue weighted by Crippen LogP contribution is 2.15.